The van der Waals surface area contributed by atoms with Crippen LogP contribution in [0.2, 0.25) is 0 Å². The monoisotopic (exact) mass is 303 g/mol. The zero-order valence-corrected chi connectivity index (χ0v) is 12.6. The minimum absolute atomic E-state index is 0.0248. The molecule has 5 heteroatoms. The first-order valence-corrected chi connectivity index (χ1v) is 7.89. The van der Waals surface area contributed by atoms with E-state index in [1.54, 1.807) is 0 Å². The lowest BCUT2D eigenvalue weighted by molar-refractivity contribution is -0.141. The van der Waals surface area contributed by atoms with Crippen LogP contribution in [0.25, 0.3) is 10.1 Å². The maximum atomic E-state index is 12.4. The molecule has 1 heterocycles. The van der Waals surface area contributed by atoms with Crippen molar-refractivity contribution in [1.29, 1.82) is 0 Å². The molecule has 1 aliphatic rings. The van der Waals surface area contributed by atoms with E-state index in [1.807, 2.05) is 31.2 Å². The quantitative estimate of drug-likeness (QED) is 0.915. The predicted molar refractivity (Wildman–Crippen MR) is 82.8 cm³/mol. The summed E-state index contributed by atoms with van der Waals surface area (Å²) in [6.07, 6.45) is 1.92. The number of carboxylic acids is 1. The highest BCUT2D eigenvalue weighted by molar-refractivity contribution is 7.21. The van der Waals surface area contributed by atoms with Crippen molar-refractivity contribution in [3.63, 3.8) is 0 Å². The molecule has 0 radical (unpaired) electrons. The molecule has 21 heavy (non-hydrogen) atoms. The summed E-state index contributed by atoms with van der Waals surface area (Å²) in [6.45, 7) is 1.96. The molecule has 0 aliphatic heterocycles. The predicted octanol–water partition coefficient (Wildman–Crippen LogP) is 3.19. The molecule has 1 aromatic heterocycles. The third kappa shape index (κ3) is 2.65. The molecule has 0 bridgehead atoms. The lowest BCUT2D eigenvalue weighted by Gasteiger charge is -2.11. The third-order valence-electron chi connectivity index (χ3n) is 4.17. The van der Waals surface area contributed by atoms with E-state index in [0.717, 1.165) is 26.9 Å². The molecule has 1 aromatic carbocycles. The first-order valence-electron chi connectivity index (χ1n) is 7.08. The van der Waals surface area contributed by atoms with E-state index in [-0.39, 0.29) is 17.9 Å². The Morgan fingerprint density at radius 3 is 2.71 bits per heavy atom. The van der Waals surface area contributed by atoms with Crippen LogP contribution in [0.5, 0.6) is 0 Å². The van der Waals surface area contributed by atoms with Gasteiger partial charge >= 0.3 is 5.97 Å². The minimum atomic E-state index is -0.759. The lowest BCUT2D eigenvalue weighted by Crippen LogP contribution is -2.33. The van der Waals surface area contributed by atoms with Crippen molar-refractivity contribution in [3.8, 4) is 0 Å². The molecule has 3 rings (SSSR count). The highest BCUT2D eigenvalue weighted by Crippen LogP contribution is 2.31. The average molecular weight is 303 g/mol. The Kier molecular flexibility index (Phi) is 3.68. The Bertz CT molecular complexity index is 707. The van der Waals surface area contributed by atoms with Crippen LogP contribution in [0.3, 0.4) is 0 Å². The van der Waals surface area contributed by atoms with Crippen molar-refractivity contribution < 1.29 is 14.7 Å². The maximum absolute atomic E-state index is 12.4. The van der Waals surface area contributed by atoms with E-state index < -0.39 is 5.97 Å². The highest BCUT2D eigenvalue weighted by Gasteiger charge is 2.31. The Morgan fingerprint density at radius 1 is 1.29 bits per heavy atom. The van der Waals surface area contributed by atoms with E-state index in [0.29, 0.717) is 12.8 Å². The number of carbonyl (C=O) groups excluding carboxylic acids is 1. The van der Waals surface area contributed by atoms with Crippen LogP contribution in [-0.4, -0.2) is 23.0 Å². The molecule has 1 saturated carbocycles. The molecule has 0 saturated heterocycles. The van der Waals surface area contributed by atoms with Crippen LogP contribution in [0.1, 0.15) is 34.5 Å². The summed E-state index contributed by atoms with van der Waals surface area (Å²) in [5.41, 5.74) is 1.00. The first kappa shape index (κ1) is 14.1. The Balaban J connectivity index is 1.76. The number of thiophene rings is 1. The summed E-state index contributed by atoms with van der Waals surface area (Å²) in [5.74, 6) is -1.16. The number of benzene rings is 1. The zero-order chi connectivity index (χ0) is 15.0. The first-order chi connectivity index (χ1) is 10.1. The largest absolute Gasteiger partial charge is 0.481 e. The summed E-state index contributed by atoms with van der Waals surface area (Å²) in [5, 5.41) is 13.1. The van der Waals surface area contributed by atoms with Crippen LogP contribution in [0.15, 0.2) is 24.3 Å². The van der Waals surface area contributed by atoms with Crippen LogP contribution >= 0.6 is 11.3 Å². The molecule has 2 aromatic rings. The van der Waals surface area contributed by atoms with Crippen molar-refractivity contribution >= 4 is 33.3 Å². The van der Waals surface area contributed by atoms with Gasteiger partial charge in [-0.15, -0.1) is 11.3 Å². The van der Waals surface area contributed by atoms with E-state index >= 15 is 0 Å². The van der Waals surface area contributed by atoms with Gasteiger partial charge in [0.25, 0.3) is 5.91 Å². The van der Waals surface area contributed by atoms with Gasteiger partial charge in [0.05, 0.1) is 10.8 Å². The molecule has 2 unspecified atom stereocenters. The molecular weight excluding hydrogens is 286 g/mol. The van der Waals surface area contributed by atoms with Crippen LogP contribution in [0.4, 0.5) is 0 Å². The number of hydrogen-bond donors (Lipinski definition) is 2. The molecule has 1 fully saturated rings. The average Bonchev–Trinajstić information content (AvgIpc) is 3.05. The van der Waals surface area contributed by atoms with Gasteiger partial charge < -0.3 is 10.4 Å². The van der Waals surface area contributed by atoms with E-state index in [1.165, 1.54) is 11.3 Å². The highest BCUT2D eigenvalue weighted by atomic mass is 32.1. The second kappa shape index (κ2) is 5.48. The zero-order valence-electron chi connectivity index (χ0n) is 11.8. The van der Waals surface area contributed by atoms with E-state index in [4.69, 9.17) is 5.11 Å². The standard InChI is InChI=1S/C16H17NO3S/c1-9-12-4-2-3-5-13(12)21-14(9)15(18)17-11-7-6-10(8-11)16(19)20/h2-5,10-11H,6-8H2,1H3,(H,17,18)(H,19,20). The van der Waals surface area contributed by atoms with Gasteiger partial charge in [-0.3, -0.25) is 9.59 Å². The lowest BCUT2D eigenvalue weighted by atomic mass is 10.1. The van der Waals surface area contributed by atoms with Gasteiger partial charge in [0, 0.05) is 10.7 Å². The van der Waals surface area contributed by atoms with Crippen molar-refractivity contribution in [2.75, 3.05) is 0 Å². The minimum Gasteiger partial charge on any atom is -0.481 e. The number of nitrogens with one attached hydrogen (secondary N) is 1. The van der Waals surface area contributed by atoms with Gasteiger partial charge in [-0.25, -0.2) is 0 Å². The SMILES string of the molecule is Cc1c(C(=O)NC2CCC(C(=O)O)C2)sc2ccccc12. The number of carbonyl (C=O) groups is 2. The van der Waals surface area contributed by atoms with Gasteiger partial charge in [-0.2, -0.15) is 0 Å². The normalized spacial score (nSPS) is 21.6. The van der Waals surface area contributed by atoms with Gasteiger partial charge in [0.15, 0.2) is 0 Å². The fourth-order valence-electron chi connectivity index (χ4n) is 2.98. The van der Waals surface area contributed by atoms with Crippen LogP contribution in [-0.2, 0) is 4.79 Å². The van der Waals surface area contributed by atoms with Crippen molar-refractivity contribution in [1.82, 2.24) is 5.32 Å². The van der Waals surface area contributed by atoms with Crippen LogP contribution < -0.4 is 5.32 Å². The number of aryl methyl sites for hydroxylation is 1. The maximum Gasteiger partial charge on any atom is 0.306 e. The van der Waals surface area contributed by atoms with E-state index in [2.05, 4.69) is 5.32 Å². The van der Waals surface area contributed by atoms with Gasteiger partial charge in [0.1, 0.15) is 0 Å². The summed E-state index contributed by atoms with van der Waals surface area (Å²) in [6, 6.07) is 7.95. The third-order valence-corrected chi connectivity index (χ3v) is 5.44. The van der Waals surface area contributed by atoms with Crippen LogP contribution in [0, 0.1) is 12.8 Å². The number of hydrogen-bond acceptors (Lipinski definition) is 3. The summed E-state index contributed by atoms with van der Waals surface area (Å²) in [7, 11) is 0. The molecule has 110 valence electrons. The number of carboxylic acid groups (broad SMARTS) is 1. The molecule has 2 N–H and O–H groups in total. The molecule has 0 spiro atoms. The second-order valence-corrected chi connectivity index (χ2v) is 6.62. The summed E-state index contributed by atoms with van der Waals surface area (Å²) >= 11 is 1.49. The van der Waals surface area contributed by atoms with Gasteiger partial charge in [-0.1, -0.05) is 18.2 Å². The second-order valence-electron chi connectivity index (χ2n) is 5.57. The summed E-state index contributed by atoms with van der Waals surface area (Å²) < 4.78 is 1.11. The molecular formula is C16H17NO3S. The Hall–Kier alpha value is -1.88. The number of rotatable bonds is 3. The number of aliphatic carboxylic acids is 1. The molecule has 2 atom stereocenters. The Labute approximate surface area is 126 Å². The smallest absolute Gasteiger partial charge is 0.306 e. The number of amides is 1. The fraction of sp³-hybridized carbons (Fsp3) is 0.375. The molecule has 1 amide bonds. The van der Waals surface area contributed by atoms with Crippen molar-refractivity contribution in [3.05, 3.63) is 34.7 Å². The Morgan fingerprint density at radius 2 is 2.05 bits per heavy atom. The van der Waals surface area contributed by atoms with Crippen molar-refractivity contribution in [2.24, 2.45) is 5.92 Å². The van der Waals surface area contributed by atoms with E-state index in [9.17, 15) is 9.59 Å². The summed E-state index contributed by atoms with van der Waals surface area (Å²) in [4.78, 5) is 24.1. The molecule has 4 nitrogen and oxygen atoms in total. The van der Waals surface area contributed by atoms with Gasteiger partial charge in [-0.05, 0) is 43.2 Å². The topological polar surface area (TPSA) is 66.4 Å². The molecule has 1 aliphatic carbocycles. The fourth-order valence-corrected chi connectivity index (χ4v) is 4.09. The van der Waals surface area contributed by atoms with Crippen molar-refractivity contribution in [2.45, 2.75) is 32.2 Å². The number of fused-ring (bicyclic) bond motifs is 1. The van der Waals surface area contributed by atoms with Gasteiger partial charge in [0.2, 0.25) is 0 Å².